The summed E-state index contributed by atoms with van der Waals surface area (Å²) in [7, 11) is 0. The van der Waals surface area contributed by atoms with Crippen molar-refractivity contribution in [2.24, 2.45) is 5.92 Å². The van der Waals surface area contributed by atoms with Crippen LogP contribution in [0.5, 0.6) is 5.75 Å². The zero-order chi connectivity index (χ0) is 24.9. The summed E-state index contributed by atoms with van der Waals surface area (Å²) in [5, 5.41) is 0.762. The number of carbonyl (C=O) groups excluding carboxylic acids is 1. The topological polar surface area (TPSA) is 32.8 Å². The second-order valence-electron chi connectivity index (χ2n) is 11.0. The normalized spacial score (nSPS) is 21.8. The molecule has 1 atom stereocenters. The van der Waals surface area contributed by atoms with Gasteiger partial charge in [-0.05, 0) is 99.0 Å². The van der Waals surface area contributed by atoms with Gasteiger partial charge in [0.05, 0.1) is 0 Å². The fourth-order valence-electron chi connectivity index (χ4n) is 6.38. The standard InChI is InChI=1S/C31H41ClN2O2/c1-23-20-28(36-19-18-33-15-6-3-7-16-33)12-13-29(23)24-10-11-25(30(32)22-24)21-26-14-17-34(31(26)35)27-8-4-2-5-9-27/h10-13,20,22,26-27H,2-9,14-19,21H2,1H3. The SMILES string of the molecule is Cc1cc(OCCN2CCCCC2)ccc1-c1ccc(CC2CCN(C3CCCCC3)C2=O)c(Cl)c1. The molecule has 3 aliphatic rings. The Morgan fingerprint density at radius 2 is 1.69 bits per heavy atom. The van der Waals surface area contributed by atoms with Gasteiger partial charge in [0.15, 0.2) is 0 Å². The van der Waals surface area contributed by atoms with Crippen LogP contribution in [0, 0.1) is 12.8 Å². The van der Waals surface area contributed by atoms with Crippen LogP contribution >= 0.6 is 11.6 Å². The van der Waals surface area contributed by atoms with Crippen molar-refractivity contribution < 1.29 is 9.53 Å². The maximum absolute atomic E-state index is 13.1. The number of benzene rings is 2. The summed E-state index contributed by atoms with van der Waals surface area (Å²) in [6, 6.07) is 13.1. The molecule has 3 fully saturated rings. The van der Waals surface area contributed by atoms with E-state index in [-0.39, 0.29) is 5.92 Å². The van der Waals surface area contributed by atoms with Gasteiger partial charge in [-0.15, -0.1) is 0 Å². The molecule has 1 unspecified atom stereocenters. The number of aryl methyl sites for hydroxylation is 1. The number of nitrogens with zero attached hydrogens (tertiary/aromatic N) is 2. The number of rotatable bonds is 8. The van der Waals surface area contributed by atoms with Crippen molar-refractivity contribution in [2.75, 3.05) is 32.8 Å². The van der Waals surface area contributed by atoms with Crippen molar-refractivity contribution in [3.05, 3.63) is 52.5 Å². The molecule has 2 aromatic rings. The Labute approximate surface area is 222 Å². The lowest BCUT2D eigenvalue weighted by Gasteiger charge is -2.31. The zero-order valence-electron chi connectivity index (χ0n) is 21.8. The smallest absolute Gasteiger partial charge is 0.226 e. The third kappa shape index (κ3) is 6.08. The van der Waals surface area contributed by atoms with Crippen molar-refractivity contribution in [3.8, 4) is 16.9 Å². The first-order valence-electron chi connectivity index (χ1n) is 14.1. The van der Waals surface area contributed by atoms with Crippen LogP contribution < -0.4 is 4.74 Å². The Balaban J connectivity index is 1.18. The van der Waals surface area contributed by atoms with Gasteiger partial charge in [-0.25, -0.2) is 0 Å². The first-order valence-corrected chi connectivity index (χ1v) is 14.5. The third-order valence-electron chi connectivity index (χ3n) is 8.52. The minimum atomic E-state index is 0.0679. The van der Waals surface area contributed by atoms with E-state index in [1.807, 2.05) is 0 Å². The van der Waals surface area contributed by atoms with Crippen molar-refractivity contribution >= 4 is 17.5 Å². The number of hydrogen-bond acceptors (Lipinski definition) is 3. The van der Waals surface area contributed by atoms with Crippen LogP contribution in [0.4, 0.5) is 0 Å². The second kappa shape index (κ2) is 12.0. The van der Waals surface area contributed by atoms with Crippen LogP contribution in [0.3, 0.4) is 0 Å². The van der Waals surface area contributed by atoms with Crippen molar-refractivity contribution in [3.63, 3.8) is 0 Å². The molecule has 1 aliphatic carbocycles. The van der Waals surface area contributed by atoms with E-state index in [1.165, 1.54) is 75.6 Å². The van der Waals surface area contributed by atoms with Gasteiger partial charge in [0, 0.05) is 30.1 Å². The fourth-order valence-corrected chi connectivity index (χ4v) is 6.64. The number of likely N-dealkylation sites (tertiary alicyclic amines) is 2. The molecule has 5 rings (SSSR count). The molecule has 0 N–H and O–H groups in total. The summed E-state index contributed by atoms with van der Waals surface area (Å²) in [5.41, 5.74) is 4.55. The van der Waals surface area contributed by atoms with Crippen molar-refractivity contribution in [2.45, 2.75) is 77.2 Å². The lowest BCUT2D eigenvalue weighted by atomic mass is 9.93. The molecule has 1 amide bonds. The number of ether oxygens (including phenoxy) is 1. The monoisotopic (exact) mass is 508 g/mol. The fraction of sp³-hybridized carbons (Fsp3) is 0.581. The molecule has 2 aliphatic heterocycles. The second-order valence-corrected chi connectivity index (χ2v) is 11.5. The first-order chi connectivity index (χ1) is 17.6. The van der Waals surface area contributed by atoms with Crippen LogP contribution in [-0.2, 0) is 11.2 Å². The minimum absolute atomic E-state index is 0.0679. The summed E-state index contributed by atoms with van der Waals surface area (Å²) < 4.78 is 6.06. The highest BCUT2D eigenvalue weighted by Gasteiger charge is 2.36. The van der Waals surface area contributed by atoms with E-state index in [4.69, 9.17) is 16.3 Å². The number of hydrogen-bond donors (Lipinski definition) is 0. The Kier molecular flexibility index (Phi) is 8.54. The van der Waals surface area contributed by atoms with Gasteiger partial charge in [0.1, 0.15) is 12.4 Å². The van der Waals surface area contributed by atoms with Gasteiger partial charge in [0.25, 0.3) is 0 Å². The molecule has 2 saturated heterocycles. The number of carbonyl (C=O) groups is 1. The zero-order valence-corrected chi connectivity index (χ0v) is 22.6. The van der Waals surface area contributed by atoms with E-state index in [2.05, 4.69) is 53.1 Å². The summed E-state index contributed by atoms with van der Waals surface area (Å²) in [6.45, 7) is 7.18. The maximum atomic E-state index is 13.1. The molecule has 0 bridgehead atoms. The Bertz CT molecular complexity index is 1040. The molecule has 36 heavy (non-hydrogen) atoms. The lowest BCUT2D eigenvalue weighted by molar-refractivity contribution is -0.133. The predicted molar refractivity (Wildman–Crippen MR) is 148 cm³/mol. The summed E-state index contributed by atoms with van der Waals surface area (Å²) in [6.07, 6.45) is 11.9. The average Bonchev–Trinajstić information content (AvgIpc) is 3.26. The molecular weight excluding hydrogens is 468 g/mol. The minimum Gasteiger partial charge on any atom is -0.492 e. The van der Waals surface area contributed by atoms with Gasteiger partial charge in [-0.2, -0.15) is 0 Å². The van der Waals surface area contributed by atoms with Gasteiger partial charge in [-0.3, -0.25) is 9.69 Å². The molecule has 194 valence electrons. The largest absolute Gasteiger partial charge is 0.492 e. The van der Waals surface area contributed by atoms with E-state index >= 15 is 0 Å². The summed E-state index contributed by atoms with van der Waals surface area (Å²) in [4.78, 5) is 17.8. The maximum Gasteiger partial charge on any atom is 0.226 e. The molecule has 0 spiro atoms. The summed E-state index contributed by atoms with van der Waals surface area (Å²) >= 11 is 6.76. The average molecular weight is 509 g/mol. The Morgan fingerprint density at radius 1 is 0.917 bits per heavy atom. The highest BCUT2D eigenvalue weighted by Crippen LogP contribution is 2.34. The molecule has 2 aromatic carbocycles. The molecular formula is C31H41ClN2O2. The molecule has 4 nitrogen and oxygen atoms in total. The first kappa shape index (κ1) is 25.6. The van der Waals surface area contributed by atoms with Crippen LogP contribution in [-0.4, -0.2) is 54.5 Å². The Morgan fingerprint density at radius 3 is 2.44 bits per heavy atom. The van der Waals surface area contributed by atoms with Gasteiger partial charge in [-0.1, -0.05) is 55.5 Å². The van der Waals surface area contributed by atoms with Gasteiger partial charge >= 0.3 is 0 Å². The van der Waals surface area contributed by atoms with Crippen LogP contribution in [0.15, 0.2) is 36.4 Å². The highest BCUT2D eigenvalue weighted by atomic mass is 35.5. The van der Waals surface area contributed by atoms with E-state index in [0.717, 1.165) is 54.4 Å². The van der Waals surface area contributed by atoms with E-state index in [1.54, 1.807) is 0 Å². The number of halogens is 1. The lowest BCUT2D eigenvalue weighted by Crippen LogP contribution is -2.39. The van der Waals surface area contributed by atoms with E-state index < -0.39 is 0 Å². The molecule has 0 aromatic heterocycles. The number of amides is 1. The molecule has 0 radical (unpaired) electrons. The summed E-state index contributed by atoms with van der Waals surface area (Å²) in [5.74, 6) is 1.34. The van der Waals surface area contributed by atoms with Gasteiger partial charge in [0.2, 0.25) is 5.91 Å². The third-order valence-corrected chi connectivity index (χ3v) is 8.87. The molecule has 1 saturated carbocycles. The van der Waals surface area contributed by atoms with E-state index in [9.17, 15) is 4.79 Å². The highest BCUT2D eigenvalue weighted by molar-refractivity contribution is 6.31. The van der Waals surface area contributed by atoms with Gasteiger partial charge < -0.3 is 9.64 Å². The number of piperidine rings is 1. The Hall–Kier alpha value is -2.04. The molecule has 5 heteroatoms. The van der Waals surface area contributed by atoms with Crippen molar-refractivity contribution in [1.29, 1.82) is 0 Å². The predicted octanol–water partition coefficient (Wildman–Crippen LogP) is 6.90. The van der Waals surface area contributed by atoms with Crippen LogP contribution in [0.2, 0.25) is 5.02 Å². The van der Waals surface area contributed by atoms with Crippen LogP contribution in [0.1, 0.15) is 68.9 Å². The van der Waals surface area contributed by atoms with Crippen molar-refractivity contribution in [1.82, 2.24) is 9.80 Å². The quantitative estimate of drug-likeness (QED) is 0.388. The van der Waals surface area contributed by atoms with E-state index in [0.29, 0.717) is 11.9 Å². The van der Waals surface area contributed by atoms with Crippen LogP contribution in [0.25, 0.3) is 11.1 Å². The molecule has 2 heterocycles.